The van der Waals surface area contributed by atoms with Crippen molar-refractivity contribution in [3.05, 3.63) is 53.1 Å². The third-order valence-corrected chi connectivity index (χ3v) is 7.58. The number of amides is 1. The molecule has 0 saturated carbocycles. The Morgan fingerprint density at radius 2 is 1.93 bits per heavy atom. The van der Waals surface area contributed by atoms with Gasteiger partial charge in [-0.25, -0.2) is 4.98 Å². The average Bonchev–Trinajstić information content (AvgIpc) is 3.26. The maximum Gasteiger partial charge on any atom is 0.279 e. The van der Waals surface area contributed by atoms with E-state index in [1.807, 2.05) is 30.3 Å². The van der Waals surface area contributed by atoms with Crippen LogP contribution in [0.15, 0.2) is 42.5 Å². The molecule has 30 heavy (non-hydrogen) atoms. The lowest BCUT2D eigenvalue weighted by atomic mass is 9.97. The van der Waals surface area contributed by atoms with E-state index in [1.54, 1.807) is 6.92 Å². The van der Waals surface area contributed by atoms with E-state index in [2.05, 4.69) is 27.3 Å². The molecule has 5 rings (SSSR count). The zero-order chi connectivity index (χ0) is 20.7. The van der Waals surface area contributed by atoms with Crippen molar-refractivity contribution in [2.24, 2.45) is 0 Å². The van der Waals surface area contributed by atoms with Crippen LogP contribution in [0.1, 0.15) is 38.2 Å². The molecule has 3 heterocycles. The summed E-state index contributed by atoms with van der Waals surface area (Å²) < 4.78 is 6.87. The van der Waals surface area contributed by atoms with Gasteiger partial charge in [0.05, 0.1) is 15.2 Å². The number of carbonyl (C=O) groups excluding carboxylic acids is 1. The monoisotopic (exact) mass is 441 g/mol. The minimum atomic E-state index is 0.229. The SMILES string of the molecule is CC(=O)N1[C@@H]2CC[C@H]1C[C@H](NCc1ccc(Oc3nc4cccc(Cl)c4s3)cc1)C2. The van der Waals surface area contributed by atoms with Crippen LogP contribution in [0.5, 0.6) is 10.9 Å². The van der Waals surface area contributed by atoms with Gasteiger partial charge in [0.25, 0.3) is 5.19 Å². The van der Waals surface area contributed by atoms with Crippen LogP contribution in [0.3, 0.4) is 0 Å². The third-order valence-electron chi connectivity index (χ3n) is 6.17. The second-order valence-electron chi connectivity index (χ2n) is 8.17. The lowest BCUT2D eigenvalue weighted by Gasteiger charge is -2.38. The van der Waals surface area contributed by atoms with Crippen LogP contribution in [0.4, 0.5) is 0 Å². The Bertz CT molecular complexity index is 1050. The Morgan fingerprint density at radius 3 is 2.60 bits per heavy atom. The van der Waals surface area contributed by atoms with Crippen LogP contribution >= 0.6 is 22.9 Å². The summed E-state index contributed by atoms with van der Waals surface area (Å²) in [4.78, 5) is 18.5. The lowest BCUT2D eigenvalue weighted by molar-refractivity contribution is -0.133. The summed E-state index contributed by atoms with van der Waals surface area (Å²) in [5.74, 6) is 0.994. The fourth-order valence-electron chi connectivity index (χ4n) is 4.83. The van der Waals surface area contributed by atoms with Crippen LogP contribution in [0.2, 0.25) is 5.02 Å². The van der Waals surface area contributed by atoms with E-state index in [-0.39, 0.29) is 5.91 Å². The van der Waals surface area contributed by atoms with E-state index >= 15 is 0 Å². The number of benzene rings is 2. The predicted molar refractivity (Wildman–Crippen MR) is 120 cm³/mol. The van der Waals surface area contributed by atoms with Gasteiger partial charge in [-0.1, -0.05) is 41.1 Å². The number of fused-ring (bicyclic) bond motifs is 3. The van der Waals surface area contributed by atoms with Crippen molar-refractivity contribution in [1.29, 1.82) is 0 Å². The van der Waals surface area contributed by atoms with Crippen molar-refractivity contribution >= 4 is 39.1 Å². The Kier molecular flexibility index (Phi) is 5.39. The molecule has 2 aliphatic rings. The summed E-state index contributed by atoms with van der Waals surface area (Å²) >= 11 is 7.68. The number of halogens is 1. The number of aromatic nitrogens is 1. The zero-order valence-electron chi connectivity index (χ0n) is 16.8. The molecule has 0 unspecified atom stereocenters. The highest BCUT2D eigenvalue weighted by Crippen LogP contribution is 2.36. The van der Waals surface area contributed by atoms with Crippen molar-refractivity contribution < 1.29 is 9.53 Å². The van der Waals surface area contributed by atoms with E-state index in [4.69, 9.17) is 16.3 Å². The maximum atomic E-state index is 11.9. The molecule has 1 N–H and O–H groups in total. The van der Waals surface area contributed by atoms with E-state index < -0.39 is 0 Å². The van der Waals surface area contributed by atoms with Gasteiger partial charge < -0.3 is 15.0 Å². The molecule has 1 amide bonds. The number of rotatable bonds is 5. The van der Waals surface area contributed by atoms with Crippen molar-refractivity contribution in [3.8, 4) is 10.9 Å². The highest BCUT2D eigenvalue weighted by atomic mass is 35.5. The van der Waals surface area contributed by atoms with Gasteiger partial charge in [0.1, 0.15) is 5.75 Å². The van der Waals surface area contributed by atoms with Crippen LogP contribution in [0.25, 0.3) is 10.2 Å². The Balaban J connectivity index is 1.18. The molecule has 2 saturated heterocycles. The van der Waals surface area contributed by atoms with Crippen LogP contribution in [0, 0.1) is 0 Å². The molecule has 0 radical (unpaired) electrons. The molecule has 2 aromatic carbocycles. The second-order valence-corrected chi connectivity index (χ2v) is 9.54. The van der Waals surface area contributed by atoms with Crippen LogP contribution in [-0.2, 0) is 11.3 Å². The summed E-state index contributed by atoms with van der Waals surface area (Å²) in [5, 5.41) is 4.98. The minimum Gasteiger partial charge on any atom is -0.431 e. The van der Waals surface area contributed by atoms with Gasteiger partial charge in [0, 0.05) is 31.6 Å². The van der Waals surface area contributed by atoms with Gasteiger partial charge in [0.15, 0.2) is 0 Å². The number of nitrogens with zero attached hydrogens (tertiary/aromatic N) is 2. The predicted octanol–water partition coefficient (Wildman–Crippen LogP) is 5.37. The molecule has 5 nitrogen and oxygen atoms in total. The lowest BCUT2D eigenvalue weighted by Crippen LogP contribution is -2.50. The van der Waals surface area contributed by atoms with Gasteiger partial charge in [-0.2, -0.15) is 0 Å². The van der Waals surface area contributed by atoms with Crippen molar-refractivity contribution in [2.75, 3.05) is 0 Å². The molecule has 7 heteroatoms. The number of nitrogens with one attached hydrogen (secondary N) is 1. The largest absolute Gasteiger partial charge is 0.431 e. The van der Waals surface area contributed by atoms with Crippen LogP contribution in [-0.4, -0.2) is 33.9 Å². The molecule has 2 aliphatic heterocycles. The standard InChI is InChI=1S/C23H24ClN3O2S/c1-14(28)27-17-7-8-18(27)12-16(11-17)25-13-15-5-9-19(10-6-15)29-23-26-21-4-2-3-20(24)22(21)30-23/h2-6,9-10,16-18,25H,7-8,11-13H2,1H3/t16-,17-,18+. The smallest absolute Gasteiger partial charge is 0.279 e. The van der Waals surface area contributed by atoms with E-state index in [1.165, 1.54) is 16.9 Å². The molecule has 2 bridgehead atoms. The first-order chi connectivity index (χ1) is 14.6. The number of carbonyl (C=O) groups is 1. The topological polar surface area (TPSA) is 54.5 Å². The number of piperidine rings is 1. The minimum absolute atomic E-state index is 0.229. The van der Waals surface area contributed by atoms with Crippen molar-refractivity contribution in [3.63, 3.8) is 0 Å². The Labute approximate surface area is 185 Å². The fraction of sp³-hybridized carbons (Fsp3) is 0.391. The second kappa shape index (κ2) is 8.17. The first-order valence-electron chi connectivity index (χ1n) is 10.4. The van der Waals surface area contributed by atoms with E-state index in [0.29, 0.717) is 28.3 Å². The zero-order valence-corrected chi connectivity index (χ0v) is 18.4. The maximum absolute atomic E-state index is 11.9. The molecule has 156 valence electrons. The number of thiazole rings is 1. The Hall–Kier alpha value is -2.15. The summed E-state index contributed by atoms with van der Waals surface area (Å²) in [5.41, 5.74) is 2.07. The molecular formula is C23H24ClN3O2S. The van der Waals surface area contributed by atoms with E-state index in [9.17, 15) is 4.79 Å². The summed E-state index contributed by atoms with van der Waals surface area (Å²) in [6.45, 7) is 2.52. The van der Waals surface area contributed by atoms with Gasteiger partial charge in [0.2, 0.25) is 5.91 Å². The first-order valence-corrected chi connectivity index (χ1v) is 11.6. The number of hydrogen-bond acceptors (Lipinski definition) is 5. The van der Waals surface area contributed by atoms with Crippen molar-refractivity contribution in [1.82, 2.24) is 15.2 Å². The highest BCUT2D eigenvalue weighted by Gasteiger charge is 2.41. The summed E-state index contributed by atoms with van der Waals surface area (Å²) in [6.07, 6.45) is 4.39. The summed E-state index contributed by atoms with van der Waals surface area (Å²) in [7, 11) is 0. The fourth-order valence-corrected chi connectivity index (χ4v) is 5.96. The molecule has 2 fully saturated rings. The van der Waals surface area contributed by atoms with Gasteiger partial charge >= 0.3 is 0 Å². The van der Waals surface area contributed by atoms with E-state index in [0.717, 1.165) is 48.2 Å². The van der Waals surface area contributed by atoms with Crippen LogP contribution < -0.4 is 10.1 Å². The molecule has 3 atom stereocenters. The normalized spacial score (nSPS) is 23.1. The number of hydrogen-bond donors (Lipinski definition) is 1. The molecule has 3 aromatic rings. The highest BCUT2D eigenvalue weighted by molar-refractivity contribution is 7.20. The average molecular weight is 442 g/mol. The first kappa shape index (κ1) is 19.8. The third kappa shape index (κ3) is 3.92. The van der Waals surface area contributed by atoms with Gasteiger partial charge in [-0.3, -0.25) is 4.79 Å². The Morgan fingerprint density at radius 1 is 1.20 bits per heavy atom. The molecule has 0 spiro atoms. The molecular weight excluding hydrogens is 418 g/mol. The number of ether oxygens (including phenoxy) is 1. The van der Waals surface area contributed by atoms with Crippen molar-refractivity contribution in [2.45, 2.75) is 57.3 Å². The molecule has 0 aliphatic carbocycles. The van der Waals surface area contributed by atoms with Gasteiger partial charge in [-0.15, -0.1) is 0 Å². The molecule has 1 aromatic heterocycles. The quantitative estimate of drug-likeness (QED) is 0.578. The summed E-state index contributed by atoms with van der Waals surface area (Å²) in [6, 6.07) is 15.1. The van der Waals surface area contributed by atoms with Gasteiger partial charge in [-0.05, 0) is 55.5 Å².